The van der Waals surface area contributed by atoms with Gasteiger partial charge in [0.25, 0.3) is 0 Å². The standard InChI is InChI=1S/C18H21N5O3/c1-24-15-6-5-14(12-16(15)25-2)21-18(20-13-19)23-9-7-22(8-10-23)17-4-3-11-26-17/h3-6,11-12H,7-10H2,1-2H3,(H,20,21). The fourth-order valence-electron chi connectivity index (χ4n) is 2.83. The zero-order valence-electron chi connectivity index (χ0n) is 14.8. The number of nitrogens with zero attached hydrogens (tertiary/aromatic N) is 4. The van der Waals surface area contributed by atoms with Gasteiger partial charge in [0.2, 0.25) is 5.96 Å². The fourth-order valence-corrected chi connectivity index (χ4v) is 2.83. The van der Waals surface area contributed by atoms with Crippen molar-refractivity contribution in [2.75, 3.05) is 45.3 Å². The molecule has 1 N–H and O–H groups in total. The Bertz CT molecular complexity index is 790. The summed E-state index contributed by atoms with van der Waals surface area (Å²) < 4.78 is 16.0. The second kappa shape index (κ2) is 8.16. The maximum absolute atomic E-state index is 9.09. The lowest BCUT2D eigenvalue weighted by molar-refractivity contribution is 0.355. The van der Waals surface area contributed by atoms with E-state index in [0.29, 0.717) is 23.1 Å². The number of piperazine rings is 1. The minimum absolute atomic E-state index is 0.513. The zero-order valence-corrected chi connectivity index (χ0v) is 14.8. The molecule has 0 spiro atoms. The van der Waals surface area contributed by atoms with Crippen LogP contribution >= 0.6 is 0 Å². The lowest BCUT2D eigenvalue weighted by atomic mass is 10.3. The summed E-state index contributed by atoms with van der Waals surface area (Å²) in [5, 5.41) is 11.8. The first-order valence-electron chi connectivity index (χ1n) is 8.24. The summed E-state index contributed by atoms with van der Waals surface area (Å²) in [5.74, 6) is 2.59. The van der Waals surface area contributed by atoms with E-state index in [2.05, 4.69) is 15.2 Å². The van der Waals surface area contributed by atoms with E-state index < -0.39 is 0 Å². The molecule has 8 nitrogen and oxygen atoms in total. The molecule has 0 bridgehead atoms. The summed E-state index contributed by atoms with van der Waals surface area (Å²) in [6.45, 7) is 3.01. The molecule has 0 amide bonds. The van der Waals surface area contributed by atoms with Crippen LogP contribution in [-0.4, -0.2) is 51.3 Å². The van der Waals surface area contributed by atoms with E-state index in [1.807, 2.05) is 29.3 Å². The molecule has 1 saturated heterocycles. The van der Waals surface area contributed by atoms with E-state index in [0.717, 1.165) is 32.1 Å². The number of furan rings is 1. The Balaban J connectivity index is 1.75. The van der Waals surface area contributed by atoms with Gasteiger partial charge in [-0.2, -0.15) is 5.26 Å². The average molecular weight is 355 g/mol. The fraction of sp³-hybridized carbons (Fsp3) is 0.333. The van der Waals surface area contributed by atoms with Crippen LogP contribution in [0.4, 0.5) is 11.6 Å². The van der Waals surface area contributed by atoms with Crippen LogP contribution in [0.25, 0.3) is 0 Å². The Hall–Kier alpha value is -3.34. The normalized spacial score (nSPS) is 14.7. The van der Waals surface area contributed by atoms with E-state index in [1.165, 1.54) is 0 Å². The lowest BCUT2D eigenvalue weighted by Crippen LogP contribution is -2.51. The van der Waals surface area contributed by atoms with Crippen molar-refractivity contribution < 1.29 is 13.9 Å². The molecule has 26 heavy (non-hydrogen) atoms. The highest BCUT2D eigenvalue weighted by Gasteiger charge is 2.21. The second-order valence-electron chi connectivity index (χ2n) is 5.64. The van der Waals surface area contributed by atoms with Crippen molar-refractivity contribution in [3.05, 3.63) is 36.6 Å². The van der Waals surface area contributed by atoms with Crippen molar-refractivity contribution in [2.24, 2.45) is 4.99 Å². The summed E-state index contributed by atoms with van der Waals surface area (Å²) in [5.41, 5.74) is 0.675. The first kappa shape index (κ1) is 17.5. The Labute approximate surface area is 152 Å². The molecule has 0 aliphatic carbocycles. The highest BCUT2D eigenvalue weighted by atomic mass is 16.5. The topological polar surface area (TPSA) is 86.3 Å². The Morgan fingerprint density at radius 1 is 1.15 bits per heavy atom. The van der Waals surface area contributed by atoms with Crippen molar-refractivity contribution in [2.45, 2.75) is 0 Å². The quantitative estimate of drug-likeness (QED) is 0.389. The largest absolute Gasteiger partial charge is 0.493 e. The first-order chi connectivity index (χ1) is 12.7. The molecule has 136 valence electrons. The van der Waals surface area contributed by atoms with Crippen molar-refractivity contribution in [3.8, 4) is 17.7 Å². The van der Waals surface area contributed by atoms with Crippen LogP contribution in [-0.2, 0) is 0 Å². The molecule has 1 aliphatic heterocycles. The third-order valence-electron chi connectivity index (χ3n) is 4.17. The van der Waals surface area contributed by atoms with Gasteiger partial charge in [-0.1, -0.05) is 0 Å². The molecule has 1 aromatic carbocycles. The van der Waals surface area contributed by atoms with Gasteiger partial charge in [0.15, 0.2) is 23.6 Å². The van der Waals surface area contributed by atoms with Crippen molar-refractivity contribution in [3.63, 3.8) is 0 Å². The summed E-state index contributed by atoms with van der Waals surface area (Å²) in [4.78, 5) is 8.78. The molecular weight excluding hydrogens is 334 g/mol. The monoisotopic (exact) mass is 355 g/mol. The number of rotatable bonds is 4. The van der Waals surface area contributed by atoms with Crippen LogP contribution in [0.5, 0.6) is 11.5 Å². The average Bonchev–Trinajstić information content (AvgIpc) is 3.22. The predicted molar refractivity (Wildman–Crippen MR) is 97.9 cm³/mol. The molecule has 8 heteroatoms. The van der Waals surface area contributed by atoms with Gasteiger partial charge in [0.1, 0.15) is 0 Å². The van der Waals surface area contributed by atoms with E-state index in [9.17, 15) is 0 Å². The maximum atomic E-state index is 9.09. The summed E-state index contributed by atoms with van der Waals surface area (Å²) in [7, 11) is 3.16. The molecule has 3 rings (SSSR count). The molecule has 0 saturated carbocycles. The molecule has 0 radical (unpaired) electrons. The molecular formula is C18H21N5O3. The third kappa shape index (κ3) is 3.83. The molecule has 0 atom stereocenters. The van der Waals surface area contributed by atoms with Crippen molar-refractivity contribution >= 4 is 17.5 Å². The molecule has 1 aliphatic rings. The molecule has 1 fully saturated rings. The predicted octanol–water partition coefficient (Wildman–Crippen LogP) is 2.18. The highest BCUT2D eigenvalue weighted by molar-refractivity contribution is 5.84. The minimum atomic E-state index is 0.513. The van der Waals surface area contributed by atoms with Crippen molar-refractivity contribution in [1.29, 1.82) is 5.26 Å². The SMILES string of the molecule is COc1ccc(N=C(NC#N)N2CCN(c3ccco3)CC2)cc1OC. The van der Waals surface area contributed by atoms with Crippen LogP contribution in [0.15, 0.2) is 46.0 Å². The zero-order chi connectivity index (χ0) is 18.4. The molecule has 0 unspecified atom stereocenters. The smallest absolute Gasteiger partial charge is 0.212 e. The van der Waals surface area contributed by atoms with E-state index in [1.54, 1.807) is 32.6 Å². The number of ether oxygens (including phenoxy) is 2. The number of anilines is 1. The number of hydrogen-bond donors (Lipinski definition) is 1. The van der Waals surface area contributed by atoms with Gasteiger partial charge in [-0.25, -0.2) is 4.99 Å². The van der Waals surface area contributed by atoms with Crippen LogP contribution in [0.1, 0.15) is 0 Å². The van der Waals surface area contributed by atoms with Gasteiger partial charge in [-0.3, -0.25) is 5.32 Å². The Morgan fingerprint density at radius 3 is 2.54 bits per heavy atom. The Kier molecular flexibility index (Phi) is 5.49. The van der Waals surface area contributed by atoms with E-state index in [4.69, 9.17) is 19.2 Å². The number of aliphatic imine (C=N–C) groups is 1. The summed E-state index contributed by atoms with van der Waals surface area (Å²) >= 11 is 0. The first-order valence-corrected chi connectivity index (χ1v) is 8.24. The lowest BCUT2D eigenvalue weighted by Gasteiger charge is -2.35. The van der Waals surface area contributed by atoms with E-state index in [-0.39, 0.29) is 0 Å². The number of nitrogens with one attached hydrogen (secondary N) is 1. The second-order valence-corrected chi connectivity index (χ2v) is 5.64. The van der Waals surface area contributed by atoms with Gasteiger partial charge >= 0.3 is 0 Å². The van der Waals surface area contributed by atoms with Crippen LogP contribution in [0, 0.1) is 11.5 Å². The molecule has 1 aromatic heterocycles. The van der Waals surface area contributed by atoms with Crippen LogP contribution in [0.3, 0.4) is 0 Å². The number of methoxy groups -OCH3 is 2. The summed E-state index contributed by atoms with van der Waals surface area (Å²) in [6, 6.07) is 9.21. The minimum Gasteiger partial charge on any atom is -0.493 e. The van der Waals surface area contributed by atoms with E-state index >= 15 is 0 Å². The van der Waals surface area contributed by atoms with Crippen LogP contribution < -0.4 is 19.7 Å². The van der Waals surface area contributed by atoms with Gasteiger partial charge in [0, 0.05) is 38.3 Å². The number of benzene rings is 1. The number of hydrogen-bond acceptors (Lipinski definition) is 6. The van der Waals surface area contributed by atoms with Crippen LogP contribution in [0.2, 0.25) is 0 Å². The van der Waals surface area contributed by atoms with Gasteiger partial charge < -0.3 is 23.7 Å². The van der Waals surface area contributed by atoms with Gasteiger partial charge in [-0.05, 0) is 18.2 Å². The summed E-state index contributed by atoms with van der Waals surface area (Å²) in [6.07, 6.45) is 3.63. The highest BCUT2D eigenvalue weighted by Crippen LogP contribution is 2.31. The maximum Gasteiger partial charge on any atom is 0.212 e. The van der Waals surface area contributed by atoms with Crippen molar-refractivity contribution in [1.82, 2.24) is 10.2 Å². The molecule has 2 heterocycles. The Morgan fingerprint density at radius 2 is 1.92 bits per heavy atom. The molecule has 2 aromatic rings. The van der Waals surface area contributed by atoms with Gasteiger partial charge in [-0.15, -0.1) is 0 Å². The number of guanidine groups is 1. The van der Waals surface area contributed by atoms with Gasteiger partial charge in [0.05, 0.1) is 26.2 Å². The third-order valence-corrected chi connectivity index (χ3v) is 4.17. The number of nitriles is 1.